The first-order valence-corrected chi connectivity index (χ1v) is 6.50. The standard InChI is InChI=1S/C12H20N2O4/c15-11(16)10-6-14(7-10)12(17)13-4-1-5-18-8-9-2-3-9/h9-10H,1-8H2,(H,13,17)(H,15,16). The van der Waals surface area contributed by atoms with Gasteiger partial charge < -0.3 is 20.1 Å². The molecule has 6 heteroatoms. The number of nitrogens with one attached hydrogen (secondary N) is 1. The molecule has 1 heterocycles. The Balaban J connectivity index is 1.44. The summed E-state index contributed by atoms with van der Waals surface area (Å²) in [4.78, 5) is 23.6. The van der Waals surface area contributed by atoms with Gasteiger partial charge in [0.1, 0.15) is 0 Å². The highest BCUT2D eigenvalue weighted by atomic mass is 16.5. The van der Waals surface area contributed by atoms with Crippen LogP contribution in [-0.2, 0) is 9.53 Å². The predicted octanol–water partition coefficient (Wildman–Crippen LogP) is 0.529. The van der Waals surface area contributed by atoms with Crippen molar-refractivity contribution in [1.82, 2.24) is 10.2 Å². The van der Waals surface area contributed by atoms with E-state index in [1.165, 1.54) is 17.7 Å². The highest BCUT2D eigenvalue weighted by Crippen LogP contribution is 2.28. The minimum atomic E-state index is -0.826. The Kier molecular flexibility index (Phi) is 4.41. The van der Waals surface area contributed by atoms with E-state index in [4.69, 9.17) is 9.84 Å². The van der Waals surface area contributed by atoms with E-state index >= 15 is 0 Å². The van der Waals surface area contributed by atoms with Gasteiger partial charge in [-0.25, -0.2) is 4.79 Å². The molecule has 2 rings (SSSR count). The molecular formula is C12H20N2O4. The van der Waals surface area contributed by atoms with Crippen molar-refractivity contribution in [3.8, 4) is 0 Å². The Labute approximate surface area is 106 Å². The van der Waals surface area contributed by atoms with Gasteiger partial charge in [-0.05, 0) is 25.2 Å². The number of amides is 2. The summed E-state index contributed by atoms with van der Waals surface area (Å²) in [5.74, 6) is -0.446. The van der Waals surface area contributed by atoms with Gasteiger partial charge in [0.2, 0.25) is 0 Å². The van der Waals surface area contributed by atoms with Gasteiger partial charge in [0.05, 0.1) is 5.92 Å². The first-order valence-electron chi connectivity index (χ1n) is 6.50. The SMILES string of the molecule is O=C(O)C1CN(C(=O)NCCCOCC2CC2)C1. The maximum Gasteiger partial charge on any atom is 0.317 e. The number of rotatable bonds is 7. The topological polar surface area (TPSA) is 78.9 Å². The molecule has 0 radical (unpaired) electrons. The maximum atomic E-state index is 11.5. The van der Waals surface area contributed by atoms with Crippen LogP contribution in [0.2, 0.25) is 0 Å². The molecule has 0 aromatic carbocycles. The predicted molar refractivity (Wildman–Crippen MR) is 64.3 cm³/mol. The van der Waals surface area contributed by atoms with Crippen molar-refractivity contribution in [2.75, 3.05) is 32.8 Å². The summed E-state index contributed by atoms with van der Waals surface area (Å²) in [6, 6.07) is -0.172. The van der Waals surface area contributed by atoms with Crippen LogP contribution < -0.4 is 5.32 Å². The van der Waals surface area contributed by atoms with E-state index < -0.39 is 11.9 Å². The monoisotopic (exact) mass is 256 g/mol. The van der Waals surface area contributed by atoms with Gasteiger partial charge in [0, 0.05) is 32.8 Å². The largest absolute Gasteiger partial charge is 0.481 e. The Morgan fingerprint density at radius 3 is 2.67 bits per heavy atom. The molecule has 6 nitrogen and oxygen atoms in total. The van der Waals surface area contributed by atoms with Crippen molar-refractivity contribution >= 4 is 12.0 Å². The number of ether oxygens (including phenoxy) is 1. The molecular weight excluding hydrogens is 236 g/mol. The third kappa shape index (κ3) is 3.87. The van der Waals surface area contributed by atoms with Gasteiger partial charge in [-0.3, -0.25) is 4.79 Å². The summed E-state index contributed by atoms with van der Waals surface area (Å²) in [6.07, 6.45) is 3.38. The van der Waals surface area contributed by atoms with Crippen LogP contribution in [-0.4, -0.2) is 54.9 Å². The molecule has 1 saturated heterocycles. The molecule has 1 aliphatic heterocycles. The van der Waals surface area contributed by atoms with E-state index in [1.807, 2.05) is 0 Å². The zero-order valence-corrected chi connectivity index (χ0v) is 10.4. The number of carbonyl (C=O) groups is 2. The Bertz CT molecular complexity index is 311. The van der Waals surface area contributed by atoms with Gasteiger partial charge in [-0.15, -0.1) is 0 Å². The maximum absolute atomic E-state index is 11.5. The second-order valence-corrected chi connectivity index (χ2v) is 5.04. The Morgan fingerprint density at radius 2 is 2.06 bits per heavy atom. The number of hydrogen-bond acceptors (Lipinski definition) is 3. The number of carboxylic acid groups (broad SMARTS) is 1. The van der Waals surface area contributed by atoms with Crippen molar-refractivity contribution in [3.05, 3.63) is 0 Å². The summed E-state index contributed by atoms with van der Waals surface area (Å²) in [7, 11) is 0. The molecule has 0 aromatic rings. The highest BCUT2D eigenvalue weighted by molar-refractivity contribution is 5.79. The quantitative estimate of drug-likeness (QED) is 0.651. The fraction of sp³-hybridized carbons (Fsp3) is 0.833. The number of urea groups is 1. The van der Waals surface area contributed by atoms with E-state index in [1.54, 1.807) is 0 Å². The van der Waals surface area contributed by atoms with Gasteiger partial charge in [0.15, 0.2) is 0 Å². The summed E-state index contributed by atoms with van der Waals surface area (Å²) in [5.41, 5.74) is 0. The molecule has 18 heavy (non-hydrogen) atoms. The molecule has 2 aliphatic rings. The average Bonchev–Trinajstić information content (AvgIpc) is 3.04. The van der Waals surface area contributed by atoms with Crippen LogP contribution in [0.25, 0.3) is 0 Å². The van der Waals surface area contributed by atoms with E-state index in [-0.39, 0.29) is 6.03 Å². The minimum Gasteiger partial charge on any atom is -0.481 e. The molecule has 2 N–H and O–H groups in total. The molecule has 1 aliphatic carbocycles. The van der Waals surface area contributed by atoms with Gasteiger partial charge in [-0.2, -0.15) is 0 Å². The van der Waals surface area contributed by atoms with Crippen LogP contribution in [0.4, 0.5) is 4.79 Å². The van der Waals surface area contributed by atoms with Gasteiger partial charge in [0.25, 0.3) is 0 Å². The fourth-order valence-corrected chi connectivity index (χ4v) is 1.82. The second kappa shape index (κ2) is 6.04. The number of carbonyl (C=O) groups excluding carboxylic acids is 1. The number of hydrogen-bond donors (Lipinski definition) is 2. The lowest BCUT2D eigenvalue weighted by Crippen LogP contribution is -2.56. The summed E-state index contributed by atoms with van der Waals surface area (Å²) >= 11 is 0. The van der Waals surface area contributed by atoms with Crippen LogP contribution in [0.15, 0.2) is 0 Å². The van der Waals surface area contributed by atoms with E-state index in [0.717, 1.165) is 18.9 Å². The Hall–Kier alpha value is -1.30. The fourth-order valence-electron chi connectivity index (χ4n) is 1.82. The van der Waals surface area contributed by atoms with Crippen molar-refractivity contribution in [2.24, 2.45) is 11.8 Å². The minimum absolute atomic E-state index is 0.172. The molecule has 0 unspecified atom stereocenters. The normalized spacial score (nSPS) is 19.4. The smallest absolute Gasteiger partial charge is 0.317 e. The van der Waals surface area contributed by atoms with Crippen LogP contribution >= 0.6 is 0 Å². The molecule has 2 fully saturated rings. The lowest BCUT2D eigenvalue weighted by molar-refractivity contribution is -0.146. The molecule has 0 spiro atoms. The highest BCUT2D eigenvalue weighted by Gasteiger charge is 2.35. The number of nitrogens with zero attached hydrogens (tertiary/aromatic N) is 1. The zero-order chi connectivity index (χ0) is 13.0. The third-order valence-corrected chi connectivity index (χ3v) is 3.31. The van der Waals surface area contributed by atoms with Crippen LogP contribution in [0.5, 0.6) is 0 Å². The lowest BCUT2D eigenvalue weighted by Gasteiger charge is -2.36. The first kappa shape index (κ1) is 13.1. The summed E-state index contributed by atoms with van der Waals surface area (Å²) in [5, 5.41) is 11.4. The van der Waals surface area contributed by atoms with Crippen molar-refractivity contribution in [3.63, 3.8) is 0 Å². The number of aliphatic carboxylic acids is 1. The molecule has 1 saturated carbocycles. The number of carboxylic acids is 1. The summed E-state index contributed by atoms with van der Waals surface area (Å²) < 4.78 is 5.45. The van der Waals surface area contributed by atoms with Crippen LogP contribution in [0.1, 0.15) is 19.3 Å². The van der Waals surface area contributed by atoms with Gasteiger partial charge >= 0.3 is 12.0 Å². The third-order valence-electron chi connectivity index (χ3n) is 3.31. The van der Waals surface area contributed by atoms with E-state index in [2.05, 4.69) is 5.32 Å². The van der Waals surface area contributed by atoms with E-state index in [9.17, 15) is 9.59 Å². The molecule has 0 atom stereocenters. The lowest BCUT2D eigenvalue weighted by atomic mass is 10.0. The molecule has 2 amide bonds. The molecule has 0 bridgehead atoms. The molecule has 102 valence electrons. The van der Waals surface area contributed by atoms with Crippen LogP contribution in [0.3, 0.4) is 0 Å². The Morgan fingerprint density at radius 1 is 1.33 bits per heavy atom. The van der Waals surface area contributed by atoms with Gasteiger partial charge in [-0.1, -0.05) is 0 Å². The van der Waals surface area contributed by atoms with E-state index in [0.29, 0.717) is 26.2 Å². The summed E-state index contributed by atoms with van der Waals surface area (Å²) in [6.45, 7) is 2.74. The van der Waals surface area contributed by atoms with Crippen molar-refractivity contribution < 1.29 is 19.4 Å². The second-order valence-electron chi connectivity index (χ2n) is 5.04. The number of likely N-dealkylation sites (tertiary alicyclic amines) is 1. The average molecular weight is 256 g/mol. The van der Waals surface area contributed by atoms with Crippen molar-refractivity contribution in [1.29, 1.82) is 0 Å². The van der Waals surface area contributed by atoms with Crippen LogP contribution in [0, 0.1) is 11.8 Å². The van der Waals surface area contributed by atoms with Crippen molar-refractivity contribution in [2.45, 2.75) is 19.3 Å². The first-order chi connectivity index (χ1) is 8.66. The molecule has 0 aromatic heterocycles. The zero-order valence-electron chi connectivity index (χ0n) is 10.4.